The van der Waals surface area contributed by atoms with Gasteiger partial charge in [0.1, 0.15) is 0 Å². The average Bonchev–Trinajstić information content (AvgIpc) is 2.58. The molecule has 1 aliphatic heterocycles. The molecule has 1 saturated heterocycles. The van der Waals surface area contributed by atoms with E-state index in [1.54, 1.807) is 11.3 Å². The van der Waals surface area contributed by atoms with Crippen molar-refractivity contribution >= 4 is 11.3 Å². The topological polar surface area (TPSA) is 30.5 Å². The zero-order valence-corrected chi connectivity index (χ0v) is 8.89. The number of rotatable bonds is 3. The molecule has 0 spiro atoms. The SMILES string of the molecule is c1cc(CNC2COCCOC2)cs1. The molecule has 3 nitrogen and oxygen atoms in total. The van der Waals surface area contributed by atoms with Crippen LogP contribution in [0.4, 0.5) is 0 Å². The van der Waals surface area contributed by atoms with Crippen molar-refractivity contribution in [2.45, 2.75) is 12.6 Å². The van der Waals surface area contributed by atoms with Crippen LogP contribution in [-0.2, 0) is 16.0 Å². The Kier molecular flexibility index (Phi) is 3.94. The first kappa shape index (κ1) is 10.1. The molecule has 4 heteroatoms. The summed E-state index contributed by atoms with van der Waals surface area (Å²) in [6, 6.07) is 2.47. The molecule has 0 atom stereocenters. The molecule has 0 saturated carbocycles. The molecule has 2 heterocycles. The van der Waals surface area contributed by atoms with Crippen LogP contribution in [0.2, 0.25) is 0 Å². The Morgan fingerprint density at radius 3 is 2.79 bits per heavy atom. The lowest BCUT2D eigenvalue weighted by Gasteiger charge is -2.14. The zero-order valence-electron chi connectivity index (χ0n) is 8.07. The lowest BCUT2D eigenvalue weighted by molar-refractivity contribution is 0.103. The monoisotopic (exact) mass is 213 g/mol. The van der Waals surface area contributed by atoms with E-state index in [9.17, 15) is 0 Å². The summed E-state index contributed by atoms with van der Waals surface area (Å²) >= 11 is 1.73. The van der Waals surface area contributed by atoms with Gasteiger partial charge in [0.15, 0.2) is 0 Å². The predicted octanol–water partition coefficient (Wildman–Crippen LogP) is 1.25. The van der Waals surface area contributed by atoms with Gasteiger partial charge in [0.25, 0.3) is 0 Å². The molecule has 1 aliphatic rings. The first-order chi connectivity index (χ1) is 6.95. The third-order valence-corrected chi connectivity index (χ3v) is 2.92. The second-order valence-electron chi connectivity index (χ2n) is 3.36. The molecule has 78 valence electrons. The quantitative estimate of drug-likeness (QED) is 0.820. The van der Waals surface area contributed by atoms with Gasteiger partial charge < -0.3 is 14.8 Å². The number of thiophene rings is 1. The van der Waals surface area contributed by atoms with Crippen LogP contribution in [0.25, 0.3) is 0 Å². The molecule has 1 N–H and O–H groups in total. The normalized spacial score (nSPS) is 19.4. The number of hydrogen-bond donors (Lipinski definition) is 1. The summed E-state index contributed by atoms with van der Waals surface area (Å²) in [7, 11) is 0. The standard InChI is InChI=1S/C10H15NO2S/c1-4-14-8-9(1)5-11-10-6-12-2-3-13-7-10/h1,4,8,10-11H,2-3,5-7H2. The van der Waals surface area contributed by atoms with Crippen LogP contribution >= 0.6 is 11.3 Å². The van der Waals surface area contributed by atoms with Gasteiger partial charge >= 0.3 is 0 Å². The summed E-state index contributed by atoms with van der Waals surface area (Å²) in [4.78, 5) is 0. The smallest absolute Gasteiger partial charge is 0.0701 e. The Labute approximate surface area is 88.0 Å². The van der Waals surface area contributed by atoms with Gasteiger partial charge in [0.05, 0.1) is 32.5 Å². The highest BCUT2D eigenvalue weighted by molar-refractivity contribution is 7.07. The van der Waals surface area contributed by atoms with Gasteiger partial charge in [-0.05, 0) is 22.4 Å². The molecule has 0 aromatic carbocycles. The Hall–Kier alpha value is -0.420. The molecule has 1 aromatic heterocycles. The Morgan fingerprint density at radius 1 is 1.36 bits per heavy atom. The molecule has 0 bridgehead atoms. The summed E-state index contributed by atoms with van der Waals surface area (Å²) in [5.74, 6) is 0. The highest BCUT2D eigenvalue weighted by Gasteiger charge is 2.11. The van der Waals surface area contributed by atoms with Gasteiger partial charge in [-0.1, -0.05) is 0 Å². The minimum absolute atomic E-state index is 0.331. The molecule has 0 amide bonds. The molecular formula is C10H15NO2S. The van der Waals surface area contributed by atoms with Crippen molar-refractivity contribution in [2.24, 2.45) is 0 Å². The number of ether oxygens (including phenoxy) is 2. The van der Waals surface area contributed by atoms with Crippen LogP contribution in [0.5, 0.6) is 0 Å². The van der Waals surface area contributed by atoms with Gasteiger partial charge in [-0.15, -0.1) is 0 Å². The van der Waals surface area contributed by atoms with Crippen molar-refractivity contribution in [3.8, 4) is 0 Å². The van der Waals surface area contributed by atoms with Crippen molar-refractivity contribution < 1.29 is 9.47 Å². The largest absolute Gasteiger partial charge is 0.377 e. The van der Waals surface area contributed by atoms with E-state index in [0.29, 0.717) is 6.04 Å². The van der Waals surface area contributed by atoms with E-state index in [2.05, 4.69) is 22.1 Å². The summed E-state index contributed by atoms with van der Waals surface area (Å²) in [5, 5.41) is 7.67. The summed E-state index contributed by atoms with van der Waals surface area (Å²) in [6.07, 6.45) is 0. The van der Waals surface area contributed by atoms with Crippen LogP contribution in [0.15, 0.2) is 16.8 Å². The Balaban J connectivity index is 1.73. The fourth-order valence-corrected chi connectivity index (χ4v) is 2.06. The average molecular weight is 213 g/mol. The minimum atomic E-state index is 0.331. The second kappa shape index (κ2) is 5.46. The fourth-order valence-electron chi connectivity index (χ4n) is 1.39. The van der Waals surface area contributed by atoms with E-state index >= 15 is 0 Å². The van der Waals surface area contributed by atoms with Gasteiger partial charge in [-0.2, -0.15) is 11.3 Å². The highest BCUT2D eigenvalue weighted by atomic mass is 32.1. The summed E-state index contributed by atoms with van der Waals surface area (Å²) in [5.41, 5.74) is 1.33. The van der Waals surface area contributed by atoms with E-state index in [1.165, 1.54) is 5.56 Å². The maximum absolute atomic E-state index is 5.39. The zero-order chi connectivity index (χ0) is 9.64. The van der Waals surface area contributed by atoms with Crippen LogP contribution in [0.1, 0.15) is 5.56 Å². The number of hydrogen-bond acceptors (Lipinski definition) is 4. The van der Waals surface area contributed by atoms with Crippen LogP contribution in [-0.4, -0.2) is 32.5 Å². The lowest BCUT2D eigenvalue weighted by Crippen LogP contribution is -2.35. The van der Waals surface area contributed by atoms with E-state index in [1.807, 2.05) is 0 Å². The van der Waals surface area contributed by atoms with Crippen LogP contribution < -0.4 is 5.32 Å². The summed E-state index contributed by atoms with van der Waals surface area (Å²) < 4.78 is 10.8. The first-order valence-electron chi connectivity index (χ1n) is 4.85. The third-order valence-electron chi connectivity index (χ3n) is 2.19. The third kappa shape index (κ3) is 3.06. The highest BCUT2D eigenvalue weighted by Crippen LogP contribution is 2.06. The molecule has 1 aromatic rings. The van der Waals surface area contributed by atoms with E-state index in [4.69, 9.17) is 9.47 Å². The molecule has 2 rings (SSSR count). The van der Waals surface area contributed by atoms with Crippen molar-refractivity contribution in [3.63, 3.8) is 0 Å². The molecule has 1 fully saturated rings. The number of nitrogens with one attached hydrogen (secondary N) is 1. The van der Waals surface area contributed by atoms with Crippen molar-refractivity contribution in [1.29, 1.82) is 0 Å². The van der Waals surface area contributed by atoms with Gasteiger partial charge in [0.2, 0.25) is 0 Å². The molecule has 0 radical (unpaired) electrons. The molecule has 0 aliphatic carbocycles. The molecule has 14 heavy (non-hydrogen) atoms. The fraction of sp³-hybridized carbons (Fsp3) is 0.600. The van der Waals surface area contributed by atoms with Crippen LogP contribution in [0.3, 0.4) is 0 Å². The van der Waals surface area contributed by atoms with Crippen LogP contribution in [0, 0.1) is 0 Å². The lowest BCUT2D eigenvalue weighted by atomic mass is 10.3. The van der Waals surface area contributed by atoms with Crippen molar-refractivity contribution in [3.05, 3.63) is 22.4 Å². The van der Waals surface area contributed by atoms with Crippen molar-refractivity contribution in [2.75, 3.05) is 26.4 Å². The maximum Gasteiger partial charge on any atom is 0.0701 e. The van der Waals surface area contributed by atoms with Crippen molar-refractivity contribution in [1.82, 2.24) is 5.32 Å². The van der Waals surface area contributed by atoms with Gasteiger partial charge in [0, 0.05) is 6.54 Å². The Morgan fingerprint density at radius 2 is 2.14 bits per heavy atom. The molecular weight excluding hydrogens is 198 g/mol. The predicted molar refractivity (Wildman–Crippen MR) is 56.6 cm³/mol. The van der Waals surface area contributed by atoms with E-state index in [0.717, 1.165) is 33.0 Å². The minimum Gasteiger partial charge on any atom is -0.377 e. The second-order valence-corrected chi connectivity index (χ2v) is 4.14. The first-order valence-corrected chi connectivity index (χ1v) is 5.79. The maximum atomic E-state index is 5.39. The van der Waals surface area contributed by atoms with Gasteiger partial charge in [-0.3, -0.25) is 0 Å². The molecule has 0 unspecified atom stereocenters. The van der Waals surface area contributed by atoms with E-state index < -0.39 is 0 Å². The Bertz CT molecular complexity index is 243. The van der Waals surface area contributed by atoms with E-state index in [-0.39, 0.29) is 0 Å². The van der Waals surface area contributed by atoms with Gasteiger partial charge in [-0.25, -0.2) is 0 Å². The summed E-state index contributed by atoms with van der Waals surface area (Å²) in [6.45, 7) is 3.85.